The number of carbonyl (C=O) groups is 1. The Balaban J connectivity index is 1.87. The molecule has 0 spiro atoms. The van der Waals surface area contributed by atoms with Crippen molar-refractivity contribution in [2.24, 2.45) is 5.92 Å². The SMILES string of the molecule is Cc1cccc(CN2CC(C(=O)O)C2)c1. The van der Waals surface area contributed by atoms with Crippen molar-refractivity contribution in [2.75, 3.05) is 13.1 Å². The van der Waals surface area contributed by atoms with Gasteiger partial charge in [-0.25, -0.2) is 0 Å². The average Bonchev–Trinajstić information content (AvgIpc) is 2.10. The van der Waals surface area contributed by atoms with Gasteiger partial charge in [0.2, 0.25) is 0 Å². The summed E-state index contributed by atoms with van der Waals surface area (Å²) in [7, 11) is 0. The van der Waals surface area contributed by atoms with E-state index in [1.165, 1.54) is 11.1 Å². The van der Waals surface area contributed by atoms with Crippen molar-refractivity contribution in [2.45, 2.75) is 13.5 Å². The summed E-state index contributed by atoms with van der Waals surface area (Å²) in [6, 6.07) is 8.34. The van der Waals surface area contributed by atoms with E-state index in [1.54, 1.807) is 0 Å². The molecule has 2 rings (SSSR count). The molecule has 0 aromatic heterocycles. The molecule has 1 aromatic rings. The van der Waals surface area contributed by atoms with E-state index in [0.29, 0.717) is 13.1 Å². The molecule has 0 bridgehead atoms. The van der Waals surface area contributed by atoms with Gasteiger partial charge in [0.15, 0.2) is 0 Å². The van der Waals surface area contributed by atoms with Crippen LogP contribution in [-0.4, -0.2) is 29.1 Å². The molecule has 3 nitrogen and oxygen atoms in total. The molecule has 0 atom stereocenters. The highest BCUT2D eigenvalue weighted by molar-refractivity contribution is 5.71. The van der Waals surface area contributed by atoms with Gasteiger partial charge in [-0.05, 0) is 12.5 Å². The largest absolute Gasteiger partial charge is 0.481 e. The summed E-state index contributed by atoms with van der Waals surface area (Å²) < 4.78 is 0. The summed E-state index contributed by atoms with van der Waals surface area (Å²) in [6.07, 6.45) is 0. The van der Waals surface area contributed by atoms with Crippen molar-refractivity contribution in [3.63, 3.8) is 0 Å². The Morgan fingerprint density at radius 1 is 1.53 bits per heavy atom. The fourth-order valence-electron chi connectivity index (χ4n) is 1.92. The highest BCUT2D eigenvalue weighted by Crippen LogP contribution is 2.18. The van der Waals surface area contributed by atoms with E-state index >= 15 is 0 Å². The number of likely N-dealkylation sites (tertiary alicyclic amines) is 1. The standard InChI is InChI=1S/C12H15NO2/c1-9-3-2-4-10(5-9)6-13-7-11(8-13)12(14)15/h2-5,11H,6-8H2,1H3,(H,14,15). The molecule has 0 amide bonds. The molecular formula is C12H15NO2. The second-order valence-corrected chi connectivity index (χ2v) is 4.22. The number of aliphatic carboxylic acids is 1. The maximum atomic E-state index is 10.6. The van der Waals surface area contributed by atoms with Crippen LogP contribution < -0.4 is 0 Å². The second-order valence-electron chi connectivity index (χ2n) is 4.22. The Kier molecular flexibility index (Phi) is 2.73. The minimum atomic E-state index is -0.671. The third-order valence-corrected chi connectivity index (χ3v) is 2.80. The Morgan fingerprint density at radius 2 is 2.27 bits per heavy atom. The van der Waals surface area contributed by atoms with Gasteiger partial charge in [0.05, 0.1) is 5.92 Å². The van der Waals surface area contributed by atoms with E-state index < -0.39 is 5.97 Å². The summed E-state index contributed by atoms with van der Waals surface area (Å²) in [5, 5.41) is 8.73. The molecule has 0 saturated carbocycles. The molecule has 1 fully saturated rings. The molecule has 1 N–H and O–H groups in total. The maximum absolute atomic E-state index is 10.6. The quantitative estimate of drug-likeness (QED) is 0.813. The number of aryl methyl sites for hydroxylation is 1. The van der Waals surface area contributed by atoms with Crippen LogP contribution in [0.15, 0.2) is 24.3 Å². The van der Waals surface area contributed by atoms with Crippen molar-refractivity contribution in [1.82, 2.24) is 4.90 Å². The average molecular weight is 205 g/mol. The zero-order valence-electron chi connectivity index (χ0n) is 8.81. The van der Waals surface area contributed by atoms with E-state index in [1.807, 2.05) is 6.07 Å². The molecule has 80 valence electrons. The van der Waals surface area contributed by atoms with Gasteiger partial charge in [-0.1, -0.05) is 29.8 Å². The Labute approximate surface area is 89.3 Å². The van der Waals surface area contributed by atoms with Crippen LogP contribution in [0.1, 0.15) is 11.1 Å². The van der Waals surface area contributed by atoms with Crippen LogP contribution in [0.25, 0.3) is 0 Å². The topological polar surface area (TPSA) is 40.5 Å². The third-order valence-electron chi connectivity index (χ3n) is 2.80. The molecule has 3 heteroatoms. The molecule has 0 unspecified atom stereocenters. The van der Waals surface area contributed by atoms with Crippen molar-refractivity contribution in [3.05, 3.63) is 35.4 Å². The Morgan fingerprint density at radius 3 is 2.87 bits per heavy atom. The summed E-state index contributed by atoms with van der Waals surface area (Å²) in [5.74, 6) is -0.828. The lowest BCUT2D eigenvalue weighted by Crippen LogP contribution is -2.49. The lowest BCUT2D eigenvalue weighted by molar-refractivity contribution is -0.147. The summed E-state index contributed by atoms with van der Waals surface area (Å²) in [6.45, 7) is 4.30. The lowest BCUT2D eigenvalue weighted by atomic mass is 9.99. The first-order valence-electron chi connectivity index (χ1n) is 5.16. The maximum Gasteiger partial charge on any atom is 0.309 e. The smallest absolute Gasteiger partial charge is 0.309 e. The number of benzene rings is 1. The van der Waals surface area contributed by atoms with E-state index in [-0.39, 0.29) is 5.92 Å². The van der Waals surface area contributed by atoms with Gasteiger partial charge in [-0.2, -0.15) is 0 Å². The highest BCUT2D eigenvalue weighted by atomic mass is 16.4. The number of nitrogens with zero attached hydrogens (tertiary/aromatic N) is 1. The molecular weight excluding hydrogens is 190 g/mol. The normalized spacial score (nSPS) is 17.4. The van der Waals surface area contributed by atoms with Crippen molar-refractivity contribution >= 4 is 5.97 Å². The Bertz CT molecular complexity index is 370. The predicted molar refractivity (Wildman–Crippen MR) is 57.6 cm³/mol. The molecule has 0 radical (unpaired) electrons. The third kappa shape index (κ3) is 2.36. The fourth-order valence-corrected chi connectivity index (χ4v) is 1.92. The fraction of sp³-hybridized carbons (Fsp3) is 0.417. The van der Waals surface area contributed by atoms with Gasteiger partial charge in [0.25, 0.3) is 0 Å². The second kappa shape index (κ2) is 4.03. The van der Waals surface area contributed by atoms with Crippen LogP contribution in [0.3, 0.4) is 0 Å². The first kappa shape index (κ1) is 10.2. The van der Waals surface area contributed by atoms with Crippen LogP contribution in [0.2, 0.25) is 0 Å². The van der Waals surface area contributed by atoms with Crippen molar-refractivity contribution in [3.8, 4) is 0 Å². The van der Waals surface area contributed by atoms with E-state index in [2.05, 4.69) is 30.0 Å². The monoisotopic (exact) mass is 205 g/mol. The first-order chi connectivity index (χ1) is 7.15. The van der Waals surface area contributed by atoms with Gasteiger partial charge in [0.1, 0.15) is 0 Å². The minimum Gasteiger partial charge on any atom is -0.481 e. The van der Waals surface area contributed by atoms with Gasteiger partial charge in [-0.15, -0.1) is 0 Å². The van der Waals surface area contributed by atoms with E-state index in [9.17, 15) is 4.79 Å². The number of hydrogen-bond donors (Lipinski definition) is 1. The van der Waals surface area contributed by atoms with Gasteiger partial charge in [-0.3, -0.25) is 9.69 Å². The van der Waals surface area contributed by atoms with Crippen molar-refractivity contribution in [1.29, 1.82) is 0 Å². The molecule has 1 aliphatic rings. The number of carboxylic acid groups (broad SMARTS) is 1. The number of rotatable bonds is 3. The summed E-state index contributed by atoms with van der Waals surface area (Å²) in [5.41, 5.74) is 2.52. The molecule has 1 heterocycles. The van der Waals surface area contributed by atoms with Crippen LogP contribution in [-0.2, 0) is 11.3 Å². The molecule has 1 aliphatic heterocycles. The summed E-state index contributed by atoms with van der Waals surface area (Å²) in [4.78, 5) is 12.8. The Hall–Kier alpha value is -1.35. The zero-order chi connectivity index (χ0) is 10.8. The van der Waals surface area contributed by atoms with Crippen molar-refractivity contribution < 1.29 is 9.90 Å². The van der Waals surface area contributed by atoms with E-state index in [0.717, 1.165) is 6.54 Å². The molecule has 1 aromatic carbocycles. The first-order valence-corrected chi connectivity index (χ1v) is 5.16. The van der Waals surface area contributed by atoms with Gasteiger partial charge >= 0.3 is 5.97 Å². The van der Waals surface area contributed by atoms with E-state index in [4.69, 9.17) is 5.11 Å². The summed E-state index contributed by atoms with van der Waals surface area (Å²) >= 11 is 0. The van der Waals surface area contributed by atoms with Crippen LogP contribution >= 0.6 is 0 Å². The lowest BCUT2D eigenvalue weighted by Gasteiger charge is -2.36. The number of hydrogen-bond acceptors (Lipinski definition) is 2. The van der Waals surface area contributed by atoms with Gasteiger partial charge < -0.3 is 5.11 Å². The van der Waals surface area contributed by atoms with Crippen LogP contribution in [0.5, 0.6) is 0 Å². The number of carboxylic acids is 1. The van der Waals surface area contributed by atoms with Crippen LogP contribution in [0, 0.1) is 12.8 Å². The zero-order valence-corrected chi connectivity index (χ0v) is 8.81. The molecule has 0 aliphatic carbocycles. The molecule has 1 saturated heterocycles. The predicted octanol–water partition coefficient (Wildman–Crippen LogP) is 1.51. The van der Waals surface area contributed by atoms with Gasteiger partial charge in [0, 0.05) is 19.6 Å². The highest BCUT2D eigenvalue weighted by Gasteiger charge is 2.31. The minimum absolute atomic E-state index is 0.158. The van der Waals surface area contributed by atoms with Crippen LogP contribution in [0.4, 0.5) is 0 Å². The molecule has 15 heavy (non-hydrogen) atoms.